The maximum absolute atomic E-state index is 13.7. The largest absolute Gasteiger partial charge is 0.386 e. The molecule has 1 saturated heterocycles. The number of piperidine rings is 1. The molecule has 3 heterocycles. The summed E-state index contributed by atoms with van der Waals surface area (Å²) in [6.45, 7) is 3.20. The van der Waals surface area contributed by atoms with E-state index in [9.17, 15) is 9.18 Å². The lowest BCUT2D eigenvalue weighted by atomic mass is 9.90. The number of likely N-dealkylation sites (tertiary alicyclic amines) is 1. The van der Waals surface area contributed by atoms with Crippen molar-refractivity contribution in [1.82, 2.24) is 9.88 Å². The van der Waals surface area contributed by atoms with E-state index < -0.39 is 0 Å². The molecule has 0 unspecified atom stereocenters. The third-order valence-corrected chi connectivity index (χ3v) is 9.38. The van der Waals surface area contributed by atoms with Gasteiger partial charge in [-0.3, -0.25) is 4.79 Å². The fourth-order valence-corrected chi connectivity index (χ4v) is 7.58. The topological polar surface area (TPSA) is 45.2 Å². The Morgan fingerprint density at radius 1 is 1.19 bits per heavy atom. The highest BCUT2D eigenvalue weighted by molar-refractivity contribution is 8.02. The second-order valence-electron chi connectivity index (χ2n) is 8.75. The summed E-state index contributed by atoms with van der Waals surface area (Å²) in [7, 11) is 1.98. The number of carbonyl (C=O) groups excluding carboxylic acids is 1. The van der Waals surface area contributed by atoms with Gasteiger partial charge in [-0.25, -0.2) is 9.37 Å². The van der Waals surface area contributed by atoms with E-state index >= 15 is 0 Å². The zero-order valence-electron chi connectivity index (χ0n) is 18.5. The lowest BCUT2D eigenvalue weighted by Crippen LogP contribution is -2.36. The Labute approximate surface area is 196 Å². The van der Waals surface area contributed by atoms with Crippen LogP contribution in [0.5, 0.6) is 0 Å². The Balaban J connectivity index is 1.60. The van der Waals surface area contributed by atoms with Crippen LogP contribution in [0.25, 0.3) is 21.3 Å². The van der Waals surface area contributed by atoms with Crippen LogP contribution in [0.1, 0.15) is 50.6 Å². The second kappa shape index (κ2) is 9.02. The molecule has 7 heteroatoms. The van der Waals surface area contributed by atoms with Gasteiger partial charge in [0.15, 0.2) is 0 Å². The molecule has 0 spiro atoms. The first-order valence-corrected chi connectivity index (χ1v) is 13.1. The maximum Gasteiger partial charge on any atom is 0.219 e. The number of anilines is 1. The number of nitrogens with zero attached hydrogens (tertiary/aromatic N) is 2. The standard InChI is InChI=1S/C25H28FN3OS2/c1-15(30)29-12-10-17(11-13-29)21-14-20(16-6-8-18(26)9-7-16)22-23(27-2)25(32-24(22)28-21)31-19-4-3-5-19/h6-9,14,17,19,27H,3-5,10-13H2,1-2H3. The van der Waals surface area contributed by atoms with Crippen molar-refractivity contribution in [2.75, 3.05) is 25.5 Å². The third kappa shape index (κ3) is 4.13. The lowest BCUT2D eigenvalue weighted by Gasteiger charge is -2.31. The molecular formula is C25H28FN3OS2. The van der Waals surface area contributed by atoms with Crippen molar-refractivity contribution in [2.45, 2.75) is 54.4 Å². The predicted octanol–water partition coefficient (Wildman–Crippen LogP) is 6.51. The molecule has 0 radical (unpaired) electrons. The Kier molecular flexibility index (Phi) is 6.12. The van der Waals surface area contributed by atoms with Gasteiger partial charge in [-0.1, -0.05) is 18.6 Å². The van der Waals surface area contributed by atoms with Crippen molar-refractivity contribution < 1.29 is 9.18 Å². The Morgan fingerprint density at radius 3 is 2.50 bits per heavy atom. The number of fused-ring (bicyclic) bond motifs is 1. The molecule has 1 aromatic carbocycles. The van der Waals surface area contributed by atoms with E-state index in [0.717, 1.165) is 58.7 Å². The number of hydrogen-bond donors (Lipinski definition) is 1. The summed E-state index contributed by atoms with van der Waals surface area (Å²) in [6.07, 6.45) is 5.73. The number of thioether (sulfide) groups is 1. The molecule has 1 saturated carbocycles. The smallest absolute Gasteiger partial charge is 0.219 e. The van der Waals surface area contributed by atoms with Crippen molar-refractivity contribution in [3.63, 3.8) is 0 Å². The normalized spacial score (nSPS) is 17.5. The number of thiophene rings is 1. The summed E-state index contributed by atoms with van der Waals surface area (Å²) in [5.41, 5.74) is 4.35. The van der Waals surface area contributed by atoms with Crippen molar-refractivity contribution in [2.24, 2.45) is 0 Å². The number of rotatable bonds is 5. The van der Waals surface area contributed by atoms with Crippen molar-refractivity contribution in [3.8, 4) is 11.1 Å². The van der Waals surface area contributed by atoms with Crippen LogP contribution in [-0.4, -0.2) is 41.2 Å². The lowest BCUT2D eigenvalue weighted by molar-refractivity contribution is -0.129. The van der Waals surface area contributed by atoms with Crippen LogP contribution in [-0.2, 0) is 4.79 Å². The van der Waals surface area contributed by atoms with Crippen molar-refractivity contribution in [3.05, 3.63) is 41.8 Å². The first kappa shape index (κ1) is 21.7. The van der Waals surface area contributed by atoms with Gasteiger partial charge < -0.3 is 10.2 Å². The zero-order valence-corrected chi connectivity index (χ0v) is 20.1. The maximum atomic E-state index is 13.7. The van der Waals surface area contributed by atoms with Crippen LogP contribution in [0.2, 0.25) is 0 Å². The summed E-state index contributed by atoms with van der Waals surface area (Å²) in [5.74, 6) is 0.252. The van der Waals surface area contributed by atoms with Gasteiger partial charge in [0.1, 0.15) is 10.6 Å². The summed E-state index contributed by atoms with van der Waals surface area (Å²) < 4.78 is 15.0. The van der Waals surface area contributed by atoms with Crippen LogP contribution in [0, 0.1) is 5.82 Å². The molecular weight excluding hydrogens is 441 g/mol. The van der Waals surface area contributed by atoms with E-state index in [4.69, 9.17) is 4.98 Å². The van der Waals surface area contributed by atoms with Gasteiger partial charge in [-0.05, 0) is 55.0 Å². The quantitative estimate of drug-likeness (QED) is 0.462. The van der Waals surface area contributed by atoms with E-state index in [1.807, 2.05) is 35.8 Å². The molecule has 0 atom stereocenters. The van der Waals surface area contributed by atoms with E-state index in [0.29, 0.717) is 11.2 Å². The highest BCUT2D eigenvalue weighted by atomic mass is 32.2. The van der Waals surface area contributed by atoms with E-state index in [1.54, 1.807) is 18.3 Å². The molecule has 32 heavy (non-hydrogen) atoms. The first-order valence-electron chi connectivity index (χ1n) is 11.4. The fourth-order valence-electron chi connectivity index (χ4n) is 4.60. The van der Waals surface area contributed by atoms with Crippen LogP contribution < -0.4 is 5.32 Å². The number of amides is 1. The minimum absolute atomic E-state index is 0.147. The third-order valence-electron chi connectivity index (χ3n) is 6.74. The fraction of sp³-hybridized carbons (Fsp3) is 0.440. The van der Waals surface area contributed by atoms with Gasteiger partial charge in [-0.15, -0.1) is 23.1 Å². The number of benzene rings is 1. The molecule has 5 rings (SSSR count). The van der Waals surface area contributed by atoms with E-state index in [-0.39, 0.29) is 11.7 Å². The van der Waals surface area contributed by atoms with E-state index in [1.165, 1.54) is 35.6 Å². The monoisotopic (exact) mass is 469 g/mol. The number of carbonyl (C=O) groups is 1. The number of pyridine rings is 1. The molecule has 1 N–H and O–H groups in total. The molecule has 2 aromatic heterocycles. The average molecular weight is 470 g/mol. The first-order chi connectivity index (χ1) is 15.5. The number of halogens is 1. The molecule has 168 valence electrons. The Morgan fingerprint density at radius 2 is 1.91 bits per heavy atom. The van der Waals surface area contributed by atoms with Gasteiger partial charge in [0.2, 0.25) is 5.91 Å². The Hall–Kier alpha value is -2.12. The molecule has 3 aromatic rings. The molecule has 2 fully saturated rings. The van der Waals surface area contributed by atoms with Crippen LogP contribution >= 0.6 is 23.1 Å². The number of nitrogens with one attached hydrogen (secondary N) is 1. The number of hydrogen-bond acceptors (Lipinski definition) is 5. The average Bonchev–Trinajstić information content (AvgIpc) is 3.13. The SMILES string of the molecule is CNc1c(SC2CCC2)sc2nc(C3CCN(C(C)=O)CC3)cc(-c3ccc(F)cc3)c12. The highest BCUT2D eigenvalue weighted by Crippen LogP contribution is 2.50. The molecule has 0 bridgehead atoms. The summed E-state index contributed by atoms with van der Waals surface area (Å²) in [6, 6.07) is 8.99. The zero-order chi connectivity index (χ0) is 22.2. The molecule has 1 aliphatic heterocycles. The van der Waals surface area contributed by atoms with Gasteiger partial charge in [-0.2, -0.15) is 0 Å². The molecule has 1 amide bonds. The highest BCUT2D eigenvalue weighted by Gasteiger charge is 2.27. The molecule has 4 nitrogen and oxygen atoms in total. The predicted molar refractivity (Wildman–Crippen MR) is 132 cm³/mol. The molecule has 1 aliphatic carbocycles. The van der Waals surface area contributed by atoms with Crippen LogP contribution in [0.4, 0.5) is 10.1 Å². The Bertz CT molecular complexity index is 1130. The van der Waals surface area contributed by atoms with Gasteiger partial charge in [0.05, 0.1) is 9.90 Å². The van der Waals surface area contributed by atoms with E-state index in [2.05, 4.69) is 11.4 Å². The summed E-state index contributed by atoms with van der Waals surface area (Å²) in [5, 5.41) is 5.27. The van der Waals surface area contributed by atoms with Gasteiger partial charge >= 0.3 is 0 Å². The minimum Gasteiger partial charge on any atom is -0.386 e. The molecule has 2 aliphatic rings. The van der Waals surface area contributed by atoms with Crippen LogP contribution in [0.15, 0.2) is 34.5 Å². The van der Waals surface area contributed by atoms with Crippen molar-refractivity contribution in [1.29, 1.82) is 0 Å². The number of aromatic nitrogens is 1. The van der Waals surface area contributed by atoms with Crippen LogP contribution in [0.3, 0.4) is 0 Å². The van der Waals surface area contributed by atoms with Crippen molar-refractivity contribution >= 4 is 44.9 Å². The van der Waals surface area contributed by atoms with Gasteiger partial charge in [0, 0.05) is 49.3 Å². The van der Waals surface area contributed by atoms with Gasteiger partial charge in [0.25, 0.3) is 0 Å². The minimum atomic E-state index is -0.226. The second-order valence-corrected chi connectivity index (χ2v) is 11.3. The summed E-state index contributed by atoms with van der Waals surface area (Å²) >= 11 is 3.74. The summed E-state index contributed by atoms with van der Waals surface area (Å²) in [4.78, 5) is 19.9.